The molecule has 1 aromatic carbocycles. The number of thiazole rings is 1. The molecule has 3 aromatic heterocycles. The van der Waals surface area contributed by atoms with Crippen LogP contribution in [0.25, 0.3) is 17.0 Å². The first-order valence-corrected chi connectivity index (χ1v) is 8.64. The van der Waals surface area contributed by atoms with Crippen molar-refractivity contribution in [1.82, 2.24) is 14.4 Å². The number of ether oxygens (including phenoxy) is 1. The summed E-state index contributed by atoms with van der Waals surface area (Å²) < 4.78 is 34.0. The first kappa shape index (κ1) is 16.5. The Balaban J connectivity index is 1.68. The van der Waals surface area contributed by atoms with Gasteiger partial charge in [0.05, 0.1) is 18.5 Å². The third-order valence-electron chi connectivity index (χ3n) is 3.91. The van der Waals surface area contributed by atoms with Gasteiger partial charge >= 0.3 is 0 Å². The molecule has 0 aliphatic heterocycles. The number of rotatable bonds is 4. The van der Waals surface area contributed by atoms with Gasteiger partial charge in [-0.05, 0) is 31.2 Å². The van der Waals surface area contributed by atoms with Crippen LogP contribution in [-0.4, -0.2) is 21.5 Å². The topological polar surface area (TPSA) is 51.5 Å². The molecule has 0 bridgehead atoms. The molecule has 4 rings (SSSR count). The van der Waals surface area contributed by atoms with E-state index in [0.717, 1.165) is 11.4 Å². The summed E-state index contributed by atoms with van der Waals surface area (Å²) in [4.78, 5) is 8.96. The van der Waals surface area contributed by atoms with E-state index < -0.39 is 5.82 Å². The van der Waals surface area contributed by atoms with E-state index in [-0.39, 0.29) is 11.6 Å². The van der Waals surface area contributed by atoms with Crippen molar-refractivity contribution in [2.45, 2.75) is 6.92 Å². The Morgan fingerprint density at radius 1 is 1.15 bits per heavy atom. The highest BCUT2D eigenvalue weighted by atomic mass is 32.1. The molecule has 0 fully saturated rings. The molecule has 0 saturated carbocycles. The van der Waals surface area contributed by atoms with Gasteiger partial charge in [0.2, 0.25) is 0 Å². The Bertz CT molecular complexity index is 1110. The van der Waals surface area contributed by atoms with Gasteiger partial charge in [0.1, 0.15) is 17.2 Å². The van der Waals surface area contributed by atoms with Crippen LogP contribution in [0.4, 0.5) is 19.6 Å². The molecule has 5 nitrogen and oxygen atoms in total. The van der Waals surface area contributed by atoms with Crippen molar-refractivity contribution in [3.05, 3.63) is 59.2 Å². The van der Waals surface area contributed by atoms with Crippen LogP contribution >= 0.6 is 11.3 Å². The van der Waals surface area contributed by atoms with E-state index in [9.17, 15) is 8.78 Å². The van der Waals surface area contributed by atoms with Gasteiger partial charge in [0.25, 0.3) is 0 Å². The van der Waals surface area contributed by atoms with Crippen LogP contribution in [0.2, 0.25) is 0 Å². The molecule has 132 valence electrons. The number of nitrogens with one attached hydrogen (secondary N) is 1. The highest BCUT2D eigenvalue weighted by molar-refractivity contribution is 7.14. The number of fused-ring (bicyclic) bond motifs is 1. The molecule has 0 saturated heterocycles. The van der Waals surface area contributed by atoms with Crippen molar-refractivity contribution in [2.24, 2.45) is 0 Å². The predicted molar refractivity (Wildman–Crippen MR) is 97.2 cm³/mol. The second-order valence-electron chi connectivity index (χ2n) is 5.63. The van der Waals surface area contributed by atoms with Crippen LogP contribution in [0.3, 0.4) is 0 Å². The highest BCUT2D eigenvalue weighted by Gasteiger charge is 2.15. The van der Waals surface area contributed by atoms with Crippen LogP contribution < -0.4 is 10.1 Å². The molecule has 3 heterocycles. The van der Waals surface area contributed by atoms with Crippen LogP contribution in [0.15, 0.2) is 41.9 Å². The second kappa shape index (κ2) is 6.38. The minimum absolute atomic E-state index is 0.179. The van der Waals surface area contributed by atoms with Gasteiger partial charge in [-0.15, -0.1) is 11.3 Å². The van der Waals surface area contributed by atoms with Crippen molar-refractivity contribution in [3.8, 4) is 17.1 Å². The summed E-state index contributed by atoms with van der Waals surface area (Å²) in [5, 5.41) is 5.51. The molecular weight excluding hydrogens is 358 g/mol. The number of benzene rings is 1. The van der Waals surface area contributed by atoms with E-state index in [4.69, 9.17) is 4.74 Å². The van der Waals surface area contributed by atoms with Gasteiger partial charge in [0.15, 0.2) is 16.7 Å². The van der Waals surface area contributed by atoms with Crippen molar-refractivity contribution in [1.29, 1.82) is 0 Å². The summed E-state index contributed by atoms with van der Waals surface area (Å²) in [7, 11) is 1.42. The van der Waals surface area contributed by atoms with Crippen molar-refractivity contribution >= 4 is 27.8 Å². The smallest absolute Gasteiger partial charge is 0.187 e. The fourth-order valence-corrected chi connectivity index (χ4v) is 3.47. The quantitative estimate of drug-likeness (QED) is 0.559. The molecule has 26 heavy (non-hydrogen) atoms. The van der Waals surface area contributed by atoms with Crippen LogP contribution in [0, 0.1) is 18.6 Å². The standard InChI is InChI=1S/C18H14F2N4OS/c1-10-17(24-8-11(19)3-6-16(24)21-10)14-9-26-18(23-14)22-12-4-5-15(25-2)13(20)7-12/h3-9H,1-2H3,(H,22,23). The first-order valence-electron chi connectivity index (χ1n) is 7.76. The molecule has 0 unspecified atom stereocenters. The Morgan fingerprint density at radius 3 is 2.77 bits per heavy atom. The maximum absolute atomic E-state index is 13.8. The maximum atomic E-state index is 13.8. The normalized spacial score (nSPS) is 11.1. The maximum Gasteiger partial charge on any atom is 0.187 e. The van der Waals surface area contributed by atoms with E-state index in [2.05, 4.69) is 15.3 Å². The number of pyridine rings is 1. The molecule has 0 aliphatic rings. The molecule has 4 aromatic rings. The van der Waals surface area contributed by atoms with Crippen molar-refractivity contribution in [3.63, 3.8) is 0 Å². The van der Waals surface area contributed by atoms with Crippen LogP contribution in [-0.2, 0) is 0 Å². The number of imidazole rings is 1. The molecule has 8 heteroatoms. The van der Waals surface area contributed by atoms with Gasteiger partial charge in [-0.1, -0.05) is 0 Å². The molecule has 0 spiro atoms. The van der Waals surface area contributed by atoms with Gasteiger partial charge in [0, 0.05) is 23.3 Å². The number of hydrogen-bond donors (Lipinski definition) is 1. The second-order valence-corrected chi connectivity index (χ2v) is 6.49. The molecule has 0 aliphatic carbocycles. The number of anilines is 2. The number of hydrogen-bond acceptors (Lipinski definition) is 5. The Labute approximate surface area is 151 Å². The Hall–Kier alpha value is -3.00. The number of aromatic nitrogens is 3. The summed E-state index contributed by atoms with van der Waals surface area (Å²) in [5.41, 5.74) is 3.36. The van der Waals surface area contributed by atoms with E-state index in [0.29, 0.717) is 22.2 Å². The lowest BCUT2D eigenvalue weighted by Crippen LogP contribution is -1.94. The zero-order valence-corrected chi connectivity index (χ0v) is 14.8. The average molecular weight is 372 g/mol. The molecule has 0 amide bonds. The monoisotopic (exact) mass is 372 g/mol. The van der Waals surface area contributed by atoms with Crippen LogP contribution in [0.1, 0.15) is 5.69 Å². The summed E-state index contributed by atoms with van der Waals surface area (Å²) in [5.74, 6) is -0.625. The summed E-state index contributed by atoms with van der Waals surface area (Å²) in [6.45, 7) is 1.85. The number of nitrogens with zero attached hydrogens (tertiary/aromatic N) is 3. The molecule has 1 N–H and O–H groups in total. The Kier molecular flexibility index (Phi) is 4.04. The summed E-state index contributed by atoms with van der Waals surface area (Å²) in [6.07, 6.45) is 1.38. The SMILES string of the molecule is COc1ccc(Nc2nc(-c3c(C)nc4ccc(F)cn34)cs2)cc1F. The minimum Gasteiger partial charge on any atom is -0.494 e. The van der Waals surface area contributed by atoms with E-state index in [1.54, 1.807) is 22.6 Å². The lowest BCUT2D eigenvalue weighted by molar-refractivity contribution is 0.386. The lowest BCUT2D eigenvalue weighted by atomic mass is 10.3. The Morgan fingerprint density at radius 2 is 2.00 bits per heavy atom. The first-order chi connectivity index (χ1) is 12.5. The third-order valence-corrected chi connectivity index (χ3v) is 4.66. The number of methoxy groups -OCH3 is 1. The van der Waals surface area contributed by atoms with Crippen LogP contribution in [0.5, 0.6) is 5.75 Å². The number of halogens is 2. The van der Waals surface area contributed by atoms with E-state index >= 15 is 0 Å². The zero-order chi connectivity index (χ0) is 18.3. The minimum atomic E-state index is -0.456. The summed E-state index contributed by atoms with van der Waals surface area (Å²) in [6, 6.07) is 7.59. The van der Waals surface area contributed by atoms with Gasteiger partial charge in [-0.25, -0.2) is 18.7 Å². The number of aryl methyl sites for hydroxylation is 1. The van der Waals surface area contributed by atoms with Gasteiger partial charge in [-0.3, -0.25) is 4.40 Å². The fraction of sp³-hybridized carbons (Fsp3) is 0.111. The predicted octanol–water partition coefficient (Wildman–Crippen LogP) is 4.80. The van der Waals surface area contributed by atoms with E-state index in [1.165, 1.54) is 36.8 Å². The third kappa shape index (κ3) is 2.88. The largest absolute Gasteiger partial charge is 0.494 e. The van der Waals surface area contributed by atoms with Crippen molar-refractivity contribution < 1.29 is 13.5 Å². The van der Waals surface area contributed by atoms with Crippen molar-refractivity contribution in [2.75, 3.05) is 12.4 Å². The molecule has 0 radical (unpaired) electrons. The highest BCUT2D eigenvalue weighted by Crippen LogP contribution is 2.31. The zero-order valence-electron chi connectivity index (χ0n) is 14.0. The fourth-order valence-electron chi connectivity index (χ4n) is 2.75. The average Bonchev–Trinajstić information content (AvgIpc) is 3.18. The van der Waals surface area contributed by atoms with Gasteiger partial charge < -0.3 is 10.1 Å². The molecular formula is C18H14F2N4OS. The summed E-state index contributed by atoms with van der Waals surface area (Å²) >= 11 is 1.37. The lowest BCUT2D eigenvalue weighted by Gasteiger charge is -2.05. The molecule has 0 atom stereocenters. The van der Waals surface area contributed by atoms with Gasteiger partial charge in [-0.2, -0.15) is 0 Å². The van der Waals surface area contributed by atoms with E-state index in [1.807, 2.05) is 12.3 Å².